The lowest BCUT2D eigenvalue weighted by Gasteiger charge is -2.16. The van der Waals surface area contributed by atoms with E-state index in [1.807, 2.05) is 36.4 Å². The highest BCUT2D eigenvalue weighted by atomic mass is 16.5. The lowest BCUT2D eigenvalue weighted by molar-refractivity contribution is 0.0590. The van der Waals surface area contributed by atoms with Crippen molar-refractivity contribution < 1.29 is 23.9 Å². The third-order valence-corrected chi connectivity index (χ3v) is 5.34. The van der Waals surface area contributed by atoms with Crippen molar-refractivity contribution in [3.8, 4) is 11.1 Å². The van der Waals surface area contributed by atoms with Crippen molar-refractivity contribution in [3.05, 3.63) is 107 Å². The lowest BCUT2D eigenvalue weighted by atomic mass is 9.87. The Morgan fingerprint density at radius 2 is 1.22 bits per heavy atom. The van der Waals surface area contributed by atoms with Crippen molar-refractivity contribution in [2.75, 3.05) is 14.2 Å². The van der Waals surface area contributed by atoms with E-state index in [4.69, 9.17) is 9.47 Å². The highest BCUT2D eigenvalue weighted by Gasteiger charge is 2.26. The first-order valence-electron chi connectivity index (χ1n) is 9.98. The summed E-state index contributed by atoms with van der Waals surface area (Å²) in [5, 5.41) is 1.54. The Balaban J connectivity index is 2.03. The molecule has 0 atom stereocenters. The zero-order valence-electron chi connectivity index (χ0n) is 17.6. The van der Waals surface area contributed by atoms with Crippen LogP contribution in [0.2, 0.25) is 0 Å². The molecular weight excluding hydrogens is 404 g/mol. The van der Waals surface area contributed by atoms with Gasteiger partial charge in [0, 0.05) is 11.1 Å². The van der Waals surface area contributed by atoms with Crippen LogP contribution < -0.4 is 0 Å². The molecule has 32 heavy (non-hydrogen) atoms. The number of carbonyl (C=O) groups excluding carboxylic acids is 3. The Labute approximate surface area is 185 Å². The number of esters is 2. The van der Waals surface area contributed by atoms with Gasteiger partial charge in [-0.15, -0.1) is 0 Å². The van der Waals surface area contributed by atoms with Gasteiger partial charge in [0.05, 0.1) is 25.3 Å². The second-order valence-corrected chi connectivity index (χ2v) is 7.12. The average Bonchev–Trinajstić information content (AvgIpc) is 2.86. The van der Waals surface area contributed by atoms with Crippen LogP contribution in [0.3, 0.4) is 0 Å². The molecule has 0 saturated carbocycles. The van der Waals surface area contributed by atoms with E-state index in [1.165, 1.54) is 14.2 Å². The van der Waals surface area contributed by atoms with E-state index in [0.717, 1.165) is 5.39 Å². The topological polar surface area (TPSA) is 69.7 Å². The van der Waals surface area contributed by atoms with E-state index >= 15 is 0 Å². The number of benzene rings is 4. The highest BCUT2D eigenvalue weighted by molar-refractivity contribution is 6.18. The molecule has 5 heteroatoms. The van der Waals surface area contributed by atoms with Gasteiger partial charge in [-0.25, -0.2) is 9.59 Å². The fraction of sp³-hybridized carbons (Fsp3) is 0.0741. The first-order valence-corrected chi connectivity index (χ1v) is 9.98. The summed E-state index contributed by atoms with van der Waals surface area (Å²) in [4.78, 5) is 39.0. The summed E-state index contributed by atoms with van der Waals surface area (Å²) in [5.74, 6) is -1.51. The quantitative estimate of drug-likeness (QED) is 0.321. The maximum absolute atomic E-state index is 13.3. The molecule has 4 aromatic rings. The highest BCUT2D eigenvalue weighted by Crippen LogP contribution is 2.35. The van der Waals surface area contributed by atoms with E-state index in [9.17, 15) is 14.4 Å². The first-order chi connectivity index (χ1) is 15.6. The maximum atomic E-state index is 13.3. The zero-order chi connectivity index (χ0) is 22.7. The van der Waals surface area contributed by atoms with Gasteiger partial charge in [0.1, 0.15) is 0 Å². The number of hydrogen-bond donors (Lipinski definition) is 0. The molecule has 4 rings (SSSR count). The third-order valence-electron chi connectivity index (χ3n) is 5.34. The van der Waals surface area contributed by atoms with Crippen LogP contribution in [0.15, 0.2) is 84.9 Å². The summed E-state index contributed by atoms with van der Waals surface area (Å²) < 4.78 is 10.1. The molecule has 0 unspecified atom stereocenters. The number of fused-ring (bicyclic) bond motifs is 1. The van der Waals surface area contributed by atoms with Crippen LogP contribution in [0.4, 0.5) is 0 Å². The monoisotopic (exact) mass is 424 g/mol. The Morgan fingerprint density at radius 1 is 0.594 bits per heavy atom. The van der Waals surface area contributed by atoms with Gasteiger partial charge in [0.2, 0.25) is 0 Å². The van der Waals surface area contributed by atoms with Crippen LogP contribution in [-0.4, -0.2) is 31.9 Å². The van der Waals surface area contributed by atoms with Gasteiger partial charge in [-0.2, -0.15) is 0 Å². The predicted octanol–water partition coefficient (Wildman–Crippen LogP) is 5.31. The Kier molecular flexibility index (Phi) is 5.81. The summed E-state index contributed by atoms with van der Waals surface area (Å²) in [6, 6.07) is 24.7. The normalized spacial score (nSPS) is 10.6. The van der Waals surface area contributed by atoms with Crippen LogP contribution in [0.5, 0.6) is 0 Å². The van der Waals surface area contributed by atoms with E-state index in [0.29, 0.717) is 27.6 Å². The first kappa shape index (κ1) is 21.0. The minimum atomic E-state index is -0.663. The molecular formula is C27H20O5. The fourth-order valence-corrected chi connectivity index (χ4v) is 3.85. The van der Waals surface area contributed by atoms with Crippen molar-refractivity contribution in [1.82, 2.24) is 0 Å². The summed E-state index contributed by atoms with van der Waals surface area (Å²) in [5.41, 5.74) is 1.97. The molecule has 0 saturated heterocycles. The number of methoxy groups -OCH3 is 2. The van der Waals surface area contributed by atoms with Crippen molar-refractivity contribution in [2.24, 2.45) is 0 Å². The van der Waals surface area contributed by atoms with Crippen LogP contribution in [-0.2, 0) is 9.47 Å². The van der Waals surface area contributed by atoms with Crippen molar-refractivity contribution in [2.45, 2.75) is 0 Å². The molecule has 0 amide bonds. The molecule has 0 aliphatic rings. The third kappa shape index (κ3) is 3.65. The second kappa shape index (κ2) is 8.86. The van der Waals surface area contributed by atoms with Crippen LogP contribution in [0.25, 0.3) is 21.9 Å². The molecule has 0 N–H and O–H groups in total. The van der Waals surface area contributed by atoms with Crippen molar-refractivity contribution in [1.29, 1.82) is 0 Å². The molecule has 158 valence electrons. The van der Waals surface area contributed by atoms with Gasteiger partial charge in [-0.3, -0.25) is 4.79 Å². The second-order valence-electron chi connectivity index (χ2n) is 7.12. The number of carbonyl (C=O) groups is 3. The minimum absolute atomic E-state index is 0.101. The number of hydrogen-bond acceptors (Lipinski definition) is 5. The van der Waals surface area contributed by atoms with Crippen molar-refractivity contribution in [3.63, 3.8) is 0 Å². The Hall–Kier alpha value is -4.25. The Morgan fingerprint density at radius 3 is 1.94 bits per heavy atom. The molecule has 5 nitrogen and oxygen atoms in total. The van der Waals surface area contributed by atoms with Gasteiger partial charge in [-0.1, -0.05) is 84.9 Å². The van der Waals surface area contributed by atoms with Crippen LogP contribution in [0, 0.1) is 0 Å². The van der Waals surface area contributed by atoms with Gasteiger partial charge in [-0.05, 0) is 21.9 Å². The van der Waals surface area contributed by atoms with Crippen LogP contribution in [0.1, 0.15) is 36.6 Å². The van der Waals surface area contributed by atoms with E-state index in [1.54, 1.807) is 48.5 Å². The molecule has 0 heterocycles. The van der Waals surface area contributed by atoms with Crippen molar-refractivity contribution >= 4 is 28.5 Å². The molecule has 4 aromatic carbocycles. The standard InChI is InChI=1S/C27H20O5/c1-31-26(29)23-19-12-7-6-9-17(19)15-16-21(23)20-13-8-14-22(24(20)27(30)32-2)25(28)18-10-4-3-5-11-18/h3-16H,1-2H3. The molecule has 0 spiro atoms. The summed E-state index contributed by atoms with van der Waals surface area (Å²) in [6.07, 6.45) is 0. The van der Waals surface area contributed by atoms with Gasteiger partial charge >= 0.3 is 11.9 Å². The Bertz CT molecular complexity index is 1340. The summed E-state index contributed by atoms with van der Waals surface area (Å²) in [6.45, 7) is 0. The van der Waals surface area contributed by atoms with Crippen LogP contribution >= 0.6 is 0 Å². The number of rotatable bonds is 5. The largest absolute Gasteiger partial charge is 0.465 e. The lowest BCUT2D eigenvalue weighted by Crippen LogP contribution is -2.14. The molecule has 0 bridgehead atoms. The van der Waals surface area contributed by atoms with E-state index in [-0.39, 0.29) is 16.9 Å². The molecule has 0 aliphatic heterocycles. The molecule has 0 aromatic heterocycles. The molecule has 0 radical (unpaired) electrons. The zero-order valence-corrected chi connectivity index (χ0v) is 17.6. The fourth-order valence-electron chi connectivity index (χ4n) is 3.85. The van der Waals surface area contributed by atoms with Gasteiger partial charge in [0.15, 0.2) is 5.78 Å². The number of ether oxygens (including phenoxy) is 2. The maximum Gasteiger partial charge on any atom is 0.339 e. The van der Waals surface area contributed by atoms with Gasteiger partial charge < -0.3 is 9.47 Å². The number of ketones is 1. The van der Waals surface area contributed by atoms with E-state index in [2.05, 4.69) is 0 Å². The smallest absolute Gasteiger partial charge is 0.339 e. The van der Waals surface area contributed by atoms with E-state index < -0.39 is 11.9 Å². The molecule has 0 aliphatic carbocycles. The SMILES string of the molecule is COC(=O)c1c(C(=O)c2ccccc2)cccc1-c1ccc2ccccc2c1C(=O)OC. The minimum Gasteiger partial charge on any atom is -0.465 e. The summed E-state index contributed by atoms with van der Waals surface area (Å²) >= 11 is 0. The van der Waals surface area contributed by atoms with Gasteiger partial charge in [0.25, 0.3) is 0 Å². The predicted molar refractivity (Wildman–Crippen MR) is 122 cm³/mol. The average molecular weight is 424 g/mol. The molecule has 0 fully saturated rings. The summed E-state index contributed by atoms with van der Waals surface area (Å²) in [7, 11) is 2.57.